The summed E-state index contributed by atoms with van der Waals surface area (Å²) in [4.78, 5) is 26.1. The fraction of sp³-hybridized carbons (Fsp3) is 0.333. The van der Waals surface area contributed by atoms with Crippen LogP contribution in [0, 0.1) is 0 Å². The summed E-state index contributed by atoms with van der Waals surface area (Å²) in [5.74, 6) is -0.0750. The summed E-state index contributed by atoms with van der Waals surface area (Å²) >= 11 is 0. The van der Waals surface area contributed by atoms with E-state index in [0.29, 0.717) is 36.2 Å². The van der Waals surface area contributed by atoms with Gasteiger partial charge in [-0.25, -0.2) is 0 Å². The molecule has 4 heteroatoms. The Labute approximate surface area is 146 Å². The lowest BCUT2D eigenvalue weighted by atomic mass is 9.68. The Balaban J connectivity index is 2.38. The molecule has 25 heavy (non-hydrogen) atoms. The minimum absolute atomic E-state index is 0.138. The molecule has 2 aromatic rings. The summed E-state index contributed by atoms with van der Waals surface area (Å²) in [6.45, 7) is 5.63. The van der Waals surface area contributed by atoms with Crippen molar-refractivity contribution in [3.05, 3.63) is 63.7 Å². The zero-order valence-electron chi connectivity index (χ0n) is 14.8. The maximum absolute atomic E-state index is 13.1. The monoisotopic (exact) mass is 338 g/mol. The van der Waals surface area contributed by atoms with E-state index in [-0.39, 0.29) is 22.5 Å². The second kappa shape index (κ2) is 6.36. The highest BCUT2D eigenvalue weighted by molar-refractivity contribution is 6.10. The topological polar surface area (TPSA) is 67.5 Å². The number of Topliss-reactive ketones (excluding diaryl/α,β-unsaturated/α-hetero) is 1. The normalized spacial score (nSPS) is 16.0. The van der Waals surface area contributed by atoms with Crippen molar-refractivity contribution in [1.82, 2.24) is 0 Å². The first-order valence-corrected chi connectivity index (χ1v) is 8.70. The van der Waals surface area contributed by atoms with Gasteiger partial charge >= 0.3 is 0 Å². The van der Waals surface area contributed by atoms with Crippen LogP contribution >= 0.6 is 0 Å². The van der Waals surface area contributed by atoms with E-state index in [1.807, 2.05) is 51.1 Å². The molecule has 0 aliphatic heterocycles. The average molecular weight is 338 g/mol. The van der Waals surface area contributed by atoms with Crippen LogP contribution in [0.15, 0.2) is 51.4 Å². The molecule has 0 radical (unpaired) electrons. The van der Waals surface area contributed by atoms with Crippen molar-refractivity contribution < 1.29 is 14.3 Å². The third-order valence-corrected chi connectivity index (χ3v) is 5.30. The molecule has 0 bridgehead atoms. The second-order valence-corrected chi connectivity index (χ2v) is 6.35. The lowest BCUT2D eigenvalue weighted by Crippen LogP contribution is -2.41. The van der Waals surface area contributed by atoms with Crippen LogP contribution in [0.25, 0.3) is 16.9 Å². The highest BCUT2D eigenvalue weighted by Gasteiger charge is 2.48. The number of fused-ring (bicyclic) bond motifs is 1. The Morgan fingerprint density at radius 3 is 2.24 bits per heavy atom. The number of carbonyl (C=O) groups excluding carboxylic acids is 1. The fourth-order valence-electron chi connectivity index (χ4n) is 3.72. The largest absolute Gasteiger partial charge is 0.507 e. The number of aliphatic hydroxyl groups excluding tert-OH is 1. The molecule has 0 unspecified atom stereocenters. The molecular formula is C21H22O4. The molecular weight excluding hydrogens is 316 g/mol. The molecule has 1 aliphatic rings. The van der Waals surface area contributed by atoms with Crippen molar-refractivity contribution in [2.75, 3.05) is 0 Å². The van der Waals surface area contributed by atoms with Crippen molar-refractivity contribution >= 4 is 11.5 Å². The first-order chi connectivity index (χ1) is 12.0. The van der Waals surface area contributed by atoms with Crippen LogP contribution in [0.1, 0.15) is 51.4 Å². The Hall–Kier alpha value is -2.62. The van der Waals surface area contributed by atoms with Gasteiger partial charge in [0.1, 0.15) is 23.3 Å². The maximum atomic E-state index is 13.1. The smallest absolute Gasteiger partial charge is 0.203 e. The van der Waals surface area contributed by atoms with E-state index in [2.05, 4.69) is 0 Å². The Morgan fingerprint density at radius 2 is 1.68 bits per heavy atom. The zero-order valence-corrected chi connectivity index (χ0v) is 14.8. The van der Waals surface area contributed by atoms with Gasteiger partial charge in [-0.1, -0.05) is 51.1 Å². The number of hydrogen-bond donors (Lipinski definition) is 1. The lowest BCUT2D eigenvalue weighted by molar-refractivity contribution is -0.122. The van der Waals surface area contributed by atoms with Crippen molar-refractivity contribution in [3.63, 3.8) is 0 Å². The molecule has 4 nitrogen and oxygen atoms in total. The minimum Gasteiger partial charge on any atom is -0.507 e. The molecule has 1 heterocycles. The van der Waals surface area contributed by atoms with Gasteiger partial charge in [-0.2, -0.15) is 0 Å². The van der Waals surface area contributed by atoms with E-state index in [9.17, 15) is 14.7 Å². The minimum atomic E-state index is -0.888. The van der Waals surface area contributed by atoms with Gasteiger partial charge in [0.2, 0.25) is 5.43 Å². The highest BCUT2D eigenvalue weighted by atomic mass is 16.3. The molecule has 0 fully saturated rings. The van der Waals surface area contributed by atoms with Crippen molar-refractivity contribution in [3.8, 4) is 11.1 Å². The summed E-state index contributed by atoms with van der Waals surface area (Å²) in [6, 6.07) is 9.19. The first-order valence-electron chi connectivity index (χ1n) is 8.70. The van der Waals surface area contributed by atoms with Crippen LogP contribution in [0.4, 0.5) is 0 Å². The Bertz CT molecular complexity index is 899. The third-order valence-electron chi connectivity index (χ3n) is 5.30. The van der Waals surface area contributed by atoms with E-state index in [0.717, 1.165) is 5.56 Å². The van der Waals surface area contributed by atoms with Crippen LogP contribution in [0.2, 0.25) is 0 Å². The summed E-state index contributed by atoms with van der Waals surface area (Å²) in [5.41, 5.74) is 0.378. The molecule has 1 aliphatic carbocycles. The fourth-order valence-corrected chi connectivity index (χ4v) is 3.72. The molecule has 0 saturated heterocycles. The van der Waals surface area contributed by atoms with Crippen molar-refractivity contribution in [1.29, 1.82) is 0 Å². The summed E-state index contributed by atoms with van der Waals surface area (Å²) in [6.07, 6.45) is 2.81. The molecule has 3 rings (SSSR count). The number of rotatable bonds is 4. The summed E-state index contributed by atoms with van der Waals surface area (Å²) < 4.78 is 5.83. The van der Waals surface area contributed by atoms with Crippen LogP contribution in [-0.4, -0.2) is 10.9 Å². The molecule has 0 atom stereocenters. The van der Waals surface area contributed by atoms with Crippen LogP contribution < -0.4 is 5.43 Å². The van der Waals surface area contributed by atoms with Crippen LogP contribution in [0.5, 0.6) is 0 Å². The quantitative estimate of drug-likeness (QED) is 0.883. The molecule has 1 N–H and O–H groups in total. The van der Waals surface area contributed by atoms with Gasteiger partial charge < -0.3 is 9.52 Å². The van der Waals surface area contributed by atoms with Crippen LogP contribution in [0.3, 0.4) is 0 Å². The summed E-state index contributed by atoms with van der Waals surface area (Å²) in [5, 5.41) is 10.7. The van der Waals surface area contributed by atoms with Crippen molar-refractivity contribution in [2.24, 2.45) is 0 Å². The molecule has 0 spiro atoms. The molecule has 0 amide bonds. The standard InChI is InChI=1S/C21H22O4/c1-4-14-17(22)16-18(23)15(13-10-8-7-9-11-13)12-25-20(16)21(5-2,6-3)19(14)24/h7-12,22H,4-6H2,1-3H3. The van der Waals surface area contributed by atoms with Gasteiger partial charge in [0.05, 0.1) is 11.0 Å². The van der Waals surface area contributed by atoms with E-state index >= 15 is 0 Å². The Morgan fingerprint density at radius 1 is 1.04 bits per heavy atom. The number of hydrogen-bond acceptors (Lipinski definition) is 4. The predicted octanol–water partition coefficient (Wildman–Crippen LogP) is 4.63. The summed E-state index contributed by atoms with van der Waals surface area (Å²) in [7, 11) is 0. The van der Waals surface area contributed by atoms with E-state index < -0.39 is 5.41 Å². The van der Waals surface area contributed by atoms with Gasteiger partial charge in [-0.15, -0.1) is 0 Å². The number of benzene rings is 1. The first kappa shape index (κ1) is 17.2. The molecule has 130 valence electrons. The van der Waals surface area contributed by atoms with Gasteiger partial charge in [0, 0.05) is 5.57 Å². The second-order valence-electron chi connectivity index (χ2n) is 6.35. The van der Waals surface area contributed by atoms with Gasteiger partial charge in [-0.3, -0.25) is 9.59 Å². The van der Waals surface area contributed by atoms with E-state index in [4.69, 9.17) is 4.42 Å². The highest BCUT2D eigenvalue weighted by Crippen LogP contribution is 2.44. The number of allylic oxidation sites excluding steroid dienone is 1. The van der Waals surface area contributed by atoms with E-state index in [1.54, 1.807) is 0 Å². The number of aliphatic hydroxyl groups is 1. The zero-order chi connectivity index (χ0) is 18.2. The third kappa shape index (κ3) is 2.36. The molecule has 0 saturated carbocycles. The van der Waals surface area contributed by atoms with Gasteiger partial charge in [0.15, 0.2) is 5.78 Å². The SMILES string of the molecule is CCC1=C(O)c2c(occ(-c3ccccc3)c2=O)C(CC)(CC)C1=O. The average Bonchev–Trinajstić information content (AvgIpc) is 2.64. The predicted molar refractivity (Wildman–Crippen MR) is 97.5 cm³/mol. The maximum Gasteiger partial charge on any atom is 0.203 e. The Kier molecular flexibility index (Phi) is 4.38. The van der Waals surface area contributed by atoms with Gasteiger partial charge in [0.25, 0.3) is 0 Å². The van der Waals surface area contributed by atoms with Gasteiger partial charge in [-0.05, 0) is 24.8 Å². The van der Waals surface area contributed by atoms with E-state index in [1.165, 1.54) is 6.26 Å². The lowest BCUT2D eigenvalue weighted by Gasteiger charge is -2.34. The van der Waals surface area contributed by atoms with Crippen molar-refractivity contribution in [2.45, 2.75) is 45.4 Å². The molecule has 1 aromatic carbocycles. The van der Waals surface area contributed by atoms with Crippen LogP contribution in [-0.2, 0) is 10.2 Å². The number of carbonyl (C=O) groups is 1. The number of ketones is 1. The molecule has 1 aromatic heterocycles.